The second-order valence-electron chi connectivity index (χ2n) is 10.4. The van der Waals surface area contributed by atoms with Crippen LogP contribution in [0.25, 0.3) is 0 Å². The molecule has 0 aromatic heterocycles. The minimum absolute atomic E-state index is 0.0440. The molecule has 0 spiro atoms. The lowest BCUT2D eigenvalue weighted by atomic mass is 9.99. The van der Waals surface area contributed by atoms with Crippen molar-refractivity contribution in [3.8, 4) is 0 Å². The molecule has 0 aliphatic rings. The molecule has 10 nitrogen and oxygen atoms in total. The van der Waals surface area contributed by atoms with Crippen LogP contribution in [-0.4, -0.2) is 59.5 Å². The fourth-order valence-electron chi connectivity index (χ4n) is 3.92. The van der Waals surface area contributed by atoms with Gasteiger partial charge >= 0.3 is 5.97 Å². The molecule has 10 heteroatoms. The first-order valence-corrected chi connectivity index (χ1v) is 13.1. The first-order chi connectivity index (χ1) is 17.4. The first kappa shape index (κ1) is 32.0. The Morgan fingerprint density at radius 2 is 1.30 bits per heavy atom. The standard InChI is InChI=1S/C27H45N5O5/c1-17(2)14-21(25(34)32-23(27(36)37)15-18(3)4)31-26(35)22(16-19-10-6-5-7-11-19)30-24(33)20(29)12-8-9-13-28/h5-7,10-11,17-18,20-23H,8-9,12-16,28-29H2,1-4H3,(H,30,33)(H,31,35)(H,32,34)(H,36,37). The van der Waals surface area contributed by atoms with E-state index in [1.165, 1.54) is 0 Å². The molecule has 37 heavy (non-hydrogen) atoms. The van der Waals surface area contributed by atoms with Crippen molar-refractivity contribution >= 4 is 23.7 Å². The van der Waals surface area contributed by atoms with Gasteiger partial charge in [-0.25, -0.2) is 4.79 Å². The molecule has 3 amide bonds. The average molecular weight is 520 g/mol. The molecule has 0 saturated carbocycles. The van der Waals surface area contributed by atoms with Crippen LogP contribution in [-0.2, 0) is 25.6 Å². The summed E-state index contributed by atoms with van der Waals surface area (Å²) in [5, 5.41) is 17.6. The summed E-state index contributed by atoms with van der Waals surface area (Å²) in [4.78, 5) is 50.9. The molecule has 8 N–H and O–H groups in total. The maximum Gasteiger partial charge on any atom is 0.326 e. The molecule has 0 heterocycles. The highest BCUT2D eigenvalue weighted by Crippen LogP contribution is 2.11. The lowest BCUT2D eigenvalue weighted by Crippen LogP contribution is -2.58. The van der Waals surface area contributed by atoms with Crippen LogP contribution in [0.4, 0.5) is 0 Å². The Hall–Kier alpha value is -2.98. The molecule has 1 aromatic rings. The number of aliphatic carboxylic acids is 1. The first-order valence-electron chi connectivity index (χ1n) is 13.1. The van der Waals surface area contributed by atoms with Gasteiger partial charge in [-0.2, -0.15) is 0 Å². The summed E-state index contributed by atoms with van der Waals surface area (Å²) in [6, 6.07) is 5.42. The number of benzene rings is 1. The third-order valence-corrected chi connectivity index (χ3v) is 5.88. The minimum atomic E-state index is -1.13. The van der Waals surface area contributed by atoms with Crippen molar-refractivity contribution in [3.63, 3.8) is 0 Å². The maximum atomic E-state index is 13.4. The number of carbonyl (C=O) groups is 4. The van der Waals surface area contributed by atoms with Crippen molar-refractivity contribution in [2.24, 2.45) is 23.3 Å². The third kappa shape index (κ3) is 12.7. The van der Waals surface area contributed by atoms with E-state index in [0.717, 1.165) is 12.0 Å². The summed E-state index contributed by atoms with van der Waals surface area (Å²) >= 11 is 0. The number of hydrogen-bond acceptors (Lipinski definition) is 6. The molecule has 0 bridgehead atoms. The summed E-state index contributed by atoms with van der Waals surface area (Å²) in [6.07, 6.45) is 2.64. The van der Waals surface area contributed by atoms with Crippen molar-refractivity contribution in [2.45, 2.75) is 90.4 Å². The fourth-order valence-corrected chi connectivity index (χ4v) is 3.92. The monoisotopic (exact) mass is 519 g/mol. The topological polar surface area (TPSA) is 177 Å². The normalized spacial score (nSPS) is 14.5. The van der Waals surface area contributed by atoms with Gasteiger partial charge < -0.3 is 32.5 Å². The van der Waals surface area contributed by atoms with Gasteiger partial charge in [0.05, 0.1) is 6.04 Å². The van der Waals surface area contributed by atoms with E-state index in [-0.39, 0.29) is 24.7 Å². The smallest absolute Gasteiger partial charge is 0.326 e. The number of carbonyl (C=O) groups excluding carboxylic acids is 3. The van der Waals surface area contributed by atoms with Crippen LogP contribution in [0.15, 0.2) is 30.3 Å². The highest BCUT2D eigenvalue weighted by molar-refractivity contribution is 5.94. The van der Waals surface area contributed by atoms with E-state index < -0.39 is 47.9 Å². The zero-order valence-electron chi connectivity index (χ0n) is 22.5. The van der Waals surface area contributed by atoms with E-state index in [1.54, 1.807) is 0 Å². The van der Waals surface area contributed by atoms with Gasteiger partial charge in [0, 0.05) is 6.42 Å². The van der Waals surface area contributed by atoms with Gasteiger partial charge in [-0.3, -0.25) is 14.4 Å². The summed E-state index contributed by atoms with van der Waals surface area (Å²) < 4.78 is 0. The second-order valence-corrected chi connectivity index (χ2v) is 10.4. The summed E-state index contributed by atoms with van der Waals surface area (Å²) in [5.41, 5.74) is 12.4. The molecule has 1 aromatic carbocycles. The van der Waals surface area contributed by atoms with Crippen molar-refractivity contribution < 1.29 is 24.3 Å². The molecule has 0 aliphatic heterocycles. The number of nitrogens with two attached hydrogens (primary N) is 2. The Balaban J connectivity index is 3.06. The number of amides is 3. The Morgan fingerprint density at radius 3 is 1.84 bits per heavy atom. The van der Waals surface area contributed by atoms with Gasteiger partial charge in [-0.1, -0.05) is 64.4 Å². The van der Waals surface area contributed by atoms with Gasteiger partial charge in [-0.05, 0) is 49.6 Å². The van der Waals surface area contributed by atoms with Crippen molar-refractivity contribution in [1.29, 1.82) is 0 Å². The van der Waals surface area contributed by atoms with Gasteiger partial charge in [0.15, 0.2) is 0 Å². The predicted molar refractivity (Wildman–Crippen MR) is 143 cm³/mol. The number of carboxylic acids is 1. The fraction of sp³-hybridized carbons (Fsp3) is 0.630. The molecule has 1 rings (SSSR count). The SMILES string of the molecule is CC(C)CC(NC(=O)C(CC(C)C)NC(=O)C(Cc1ccccc1)NC(=O)C(N)CCCCN)C(=O)O. The Labute approximate surface area is 220 Å². The largest absolute Gasteiger partial charge is 0.480 e. The van der Waals surface area contributed by atoms with Crippen LogP contribution in [0.2, 0.25) is 0 Å². The van der Waals surface area contributed by atoms with Crippen molar-refractivity contribution in [3.05, 3.63) is 35.9 Å². The van der Waals surface area contributed by atoms with Crippen LogP contribution in [0.5, 0.6) is 0 Å². The third-order valence-electron chi connectivity index (χ3n) is 5.88. The summed E-state index contributed by atoms with van der Waals surface area (Å²) in [7, 11) is 0. The van der Waals surface area contributed by atoms with E-state index in [4.69, 9.17) is 11.5 Å². The Morgan fingerprint density at radius 1 is 0.784 bits per heavy atom. The number of hydrogen-bond donors (Lipinski definition) is 6. The number of nitrogens with one attached hydrogen (secondary N) is 3. The number of carboxylic acid groups (broad SMARTS) is 1. The molecular formula is C27H45N5O5. The van der Waals surface area contributed by atoms with Gasteiger partial charge in [-0.15, -0.1) is 0 Å². The quantitative estimate of drug-likeness (QED) is 0.168. The molecule has 0 radical (unpaired) electrons. The lowest BCUT2D eigenvalue weighted by molar-refractivity contribution is -0.143. The predicted octanol–water partition coefficient (Wildman–Crippen LogP) is 1.32. The summed E-state index contributed by atoms with van der Waals surface area (Å²) in [5.74, 6) is -2.60. The zero-order chi connectivity index (χ0) is 28.0. The number of rotatable bonds is 17. The lowest BCUT2D eigenvalue weighted by Gasteiger charge is -2.26. The van der Waals surface area contributed by atoms with E-state index in [9.17, 15) is 24.3 Å². The molecule has 0 aliphatic carbocycles. The van der Waals surface area contributed by atoms with Crippen LogP contribution in [0.3, 0.4) is 0 Å². The second kappa shape index (κ2) is 16.7. The van der Waals surface area contributed by atoms with Crippen molar-refractivity contribution in [2.75, 3.05) is 6.54 Å². The Kier molecular flexibility index (Phi) is 14.5. The molecule has 208 valence electrons. The molecule has 0 saturated heterocycles. The van der Waals surface area contributed by atoms with E-state index in [1.807, 2.05) is 58.0 Å². The van der Waals surface area contributed by atoms with E-state index in [0.29, 0.717) is 25.8 Å². The average Bonchev–Trinajstić information content (AvgIpc) is 2.82. The van der Waals surface area contributed by atoms with Crippen LogP contribution < -0.4 is 27.4 Å². The number of unbranched alkanes of at least 4 members (excludes halogenated alkanes) is 1. The van der Waals surface area contributed by atoms with Crippen LogP contribution in [0, 0.1) is 11.8 Å². The minimum Gasteiger partial charge on any atom is -0.480 e. The maximum absolute atomic E-state index is 13.4. The molecule has 4 atom stereocenters. The summed E-state index contributed by atoms with van der Waals surface area (Å²) in [6.45, 7) is 8.05. The van der Waals surface area contributed by atoms with Gasteiger partial charge in [0.25, 0.3) is 0 Å². The molecular weight excluding hydrogens is 474 g/mol. The van der Waals surface area contributed by atoms with Crippen LogP contribution in [0.1, 0.15) is 65.4 Å². The molecule has 0 fully saturated rings. The Bertz CT molecular complexity index is 862. The van der Waals surface area contributed by atoms with Crippen molar-refractivity contribution in [1.82, 2.24) is 16.0 Å². The molecule has 4 unspecified atom stereocenters. The highest BCUT2D eigenvalue weighted by Gasteiger charge is 2.31. The highest BCUT2D eigenvalue weighted by atomic mass is 16.4. The van der Waals surface area contributed by atoms with Gasteiger partial charge in [0.1, 0.15) is 18.1 Å². The van der Waals surface area contributed by atoms with Gasteiger partial charge in [0.2, 0.25) is 17.7 Å². The zero-order valence-corrected chi connectivity index (χ0v) is 22.5. The van der Waals surface area contributed by atoms with E-state index in [2.05, 4.69) is 16.0 Å². The van der Waals surface area contributed by atoms with Crippen LogP contribution >= 0.6 is 0 Å². The van der Waals surface area contributed by atoms with E-state index >= 15 is 0 Å².